The number of piperidine rings is 1. The van der Waals surface area contributed by atoms with Crippen LogP contribution in [0.2, 0.25) is 0 Å². The van der Waals surface area contributed by atoms with E-state index in [4.69, 9.17) is 4.74 Å². The number of para-hydroxylation sites is 1. The van der Waals surface area contributed by atoms with Gasteiger partial charge in [0.2, 0.25) is 5.91 Å². The Morgan fingerprint density at radius 2 is 1.60 bits per heavy atom. The van der Waals surface area contributed by atoms with Crippen LogP contribution in [0, 0.1) is 0 Å². The Bertz CT molecular complexity index is 887. The molecule has 1 aliphatic rings. The predicted octanol–water partition coefficient (Wildman–Crippen LogP) is 3.81. The number of nitrogens with one attached hydrogen (secondary N) is 1. The molecule has 6 heteroatoms. The summed E-state index contributed by atoms with van der Waals surface area (Å²) in [6, 6.07) is 16.3. The van der Waals surface area contributed by atoms with E-state index in [0.29, 0.717) is 5.69 Å². The summed E-state index contributed by atoms with van der Waals surface area (Å²) in [7, 11) is 0. The molecular weight excluding hydrogens is 380 g/mol. The maximum Gasteiger partial charge on any atom is 0.340 e. The molecule has 1 fully saturated rings. The smallest absolute Gasteiger partial charge is 0.340 e. The maximum atomic E-state index is 12.6. The summed E-state index contributed by atoms with van der Waals surface area (Å²) in [5.41, 5.74) is 1.48. The van der Waals surface area contributed by atoms with Crippen LogP contribution in [0.4, 0.5) is 5.69 Å². The summed E-state index contributed by atoms with van der Waals surface area (Å²) >= 11 is 0. The summed E-state index contributed by atoms with van der Waals surface area (Å²) in [6.07, 6.45) is 3.22. The number of rotatable bonds is 6. The first kappa shape index (κ1) is 21.6. The highest BCUT2D eigenvalue weighted by atomic mass is 16.5. The molecule has 30 heavy (non-hydrogen) atoms. The van der Waals surface area contributed by atoms with E-state index in [0.717, 1.165) is 24.8 Å². The van der Waals surface area contributed by atoms with E-state index in [2.05, 4.69) is 5.32 Å². The van der Waals surface area contributed by atoms with Gasteiger partial charge in [-0.1, -0.05) is 42.5 Å². The fourth-order valence-electron chi connectivity index (χ4n) is 3.94. The summed E-state index contributed by atoms with van der Waals surface area (Å²) in [5.74, 6) is -1.04. The van der Waals surface area contributed by atoms with E-state index in [9.17, 15) is 14.4 Å². The normalized spacial score (nSPS) is 18.5. The van der Waals surface area contributed by atoms with Crippen LogP contribution >= 0.6 is 0 Å². The zero-order valence-electron chi connectivity index (χ0n) is 17.5. The third-order valence-corrected chi connectivity index (χ3v) is 5.44. The van der Waals surface area contributed by atoms with Crippen LogP contribution in [-0.4, -0.2) is 41.4 Å². The molecule has 2 aromatic rings. The second-order valence-corrected chi connectivity index (χ2v) is 7.76. The highest BCUT2D eigenvalue weighted by Gasteiger charge is 2.29. The lowest BCUT2D eigenvalue weighted by molar-refractivity contribution is -0.140. The number of nitrogens with zero attached hydrogens (tertiary/aromatic N) is 1. The van der Waals surface area contributed by atoms with Gasteiger partial charge in [-0.25, -0.2) is 4.79 Å². The third kappa shape index (κ3) is 5.47. The number of esters is 1. The van der Waals surface area contributed by atoms with Gasteiger partial charge in [0.1, 0.15) is 0 Å². The molecule has 2 amide bonds. The predicted molar refractivity (Wildman–Crippen MR) is 115 cm³/mol. The molecule has 6 nitrogen and oxygen atoms in total. The van der Waals surface area contributed by atoms with Crippen molar-refractivity contribution in [2.45, 2.75) is 51.6 Å². The van der Waals surface area contributed by atoms with E-state index in [1.54, 1.807) is 24.3 Å². The molecule has 1 aliphatic heterocycles. The number of anilines is 1. The molecule has 0 aliphatic carbocycles. The first-order chi connectivity index (χ1) is 14.5. The van der Waals surface area contributed by atoms with E-state index in [1.807, 2.05) is 49.1 Å². The number of ether oxygens (including phenoxy) is 1. The van der Waals surface area contributed by atoms with Crippen molar-refractivity contribution < 1.29 is 19.1 Å². The fourth-order valence-corrected chi connectivity index (χ4v) is 3.94. The van der Waals surface area contributed by atoms with Crippen LogP contribution in [0.5, 0.6) is 0 Å². The standard InChI is InChI=1S/C24H28N2O4/c1-17-9-8-10-18(2)26(17)23(28)16-30-24(29)20-13-6-7-14-21(20)25-22(27)15-19-11-4-3-5-12-19/h3-7,11-14,17-18H,8-10,15-16H2,1-2H3,(H,25,27)/t17-,18-/m0/s1. The quantitative estimate of drug-likeness (QED) is 0.738. The topological polar surface area (TPSA) is 75.7 Å². The summed E-state index contributed by atoms with van der Waals surface area (Å²) < 4.78 is 5.30. The lowest BCUT2D eigenvalue weighted by Gasteiger charge is -2.38. The van der Waals surface area contributed by atoms with Gasteiger partial charge in [-0.15, -0.1) is 0 Å². The number of carbonyl (C=O) groups excluding carboxylic acids is 3. The summed E-state index contributed by atoms with van der Waals surface area (Å²) in [4.78, 5) is 39.4. The Morgan fingerprint density at radius 3 is 2.30 bits per heavy atom. The Morgan fingerprint density at radius 1 is 0.967 bits per heavy atom. The molecule has 2 aromatic carbocycles. The minimum atomic E-state index is -0.628. The fraction of sp³-hybridized carbons (Fsp3) is 0.375. The molecule has 3 rings (SSSR count). The number of carbonyl (C=O) groups is 3. The largest absolute Gasteiger partial charge is 0.452 e. The van der Waals surface area contributed by atoms with E-state index >= 15 is 0 Å². The van der Waals surface area contributed by atoms with Crippen molar-refractivity contribution in [2.24, 2.45) is 0 Å². The van der Waals surface area contributed by atoms with Gasteiger partial charge in [0.25, 0.3) is 5.91 Å². The third-order valence-electron chi connectivity index (χ3n) is 5.44. The molecule has 0 aromatic heterocycles. The number of benzene rings is 2. The molecular formula is C24H28N2O4. The van der Waals surface area contributed by atoms with Crippen LogP contribution in [0.1, 0.15) is 49.0 Å². The second-order valence-electron chi connectivity index (χ2n) is 7.76. The lowest BCUT2D eigenvalue weighted by Crippen LogP contribution is -2.49. The van der Waals surface area contributed by atoms with E-state index in [1.165, 1.54) is 0 Å². The first-order valence-corrected chi connectivity index (χ1v) is 10.4. The van der Waals surface area contributed by atoms with E-state index in [-0.39, 0.29) is 42.5 Å². The number of hydrogen-bond donors (Lipinski definition) is 1. The average Bonchev–Trinajstić information content (AvgIpc) is 2.73. The lowest BCUT2D eigenvalue weighted by atomic mass is 9.97. The Balaban J connectivity index is 1.61. The van der Waals surface area contributed by atoms with Gasteiger partial charge in [0.05, 0.1) is 17.7 Å². The van der Waals surface area contributed by atoms with Crippen LogP contribution < -0.4 is 5.32 Å². The minimum absolute atomic E-state index is 0.143. The van der Waals surface area contributed by atoms with Crippen LogP contribution in [0.15, 0.2) is 54.6 Å². The second kappa shape index (κ2) is 10.1. The summed E-state index contributed by atoms with van der Waals surface area (Å²) in [5, 5.41) is 2.77. The van der Waals surface area contributed by atoms with Gasteiger partial charge in [-0.05, 0) is 50.8 Å². The van der Waals surface area contributed by atoms with Gasteiger partial charge in [0, 0.05) is 12.1 Å². The van der Waals surface area contributed by atoms with Crippen molar-refractivity contribution >= 4 is 23.5 Å². The molecule has 1 saturated heterocycles. The van der Waals surface area contributed by atoms with E-state index < -0.39 is 5.97 Å². The average molecular weight is 408 g/mol. The van der Waals surface area contributed by atoms with Gasteiger partial charge in [-0.3, -0.25) is 9.59 Å². The van der Waals surface area contributed by atoms with Crippen molar-refractivity contribution in [1.82, 2.24) is 4.90 Å². The molecule has 0 radical (unpaired) electrons. The number of amides is 2. The molecule has 0 bridgehead atoms. The Hall–Kier alpha value is -3.15. The monoisotopic (exact) mass is 408 g/mol. The highest BCUT2D eigenvalue weighted by Crippen LogP contribution is 2.23. The first-order valence-electron chi connectivity index (χ1n) is 10.4. The molecule has 1 N–H and O–H groups in total. The van der Waals surface area contributed by atoms with Gasteiger partial charge >= 0.3 is 5.97 Å². The molecule has 2 atom stereocenters. The maximum absolute atomic E-state index is 12.6. The minimum Gasteiger partial charge on any atom is -0.452 e. The number of likely N-dealkylation sites (tertiary alicyclic amines) is 1. The zero-order valence-corrected chi connectivity index (χ0v) is 17.5. The Kier molecular flexibility index (Phi) is 7.22. The van der Waals surface area contributed by atoms with Crippen molar-refractivity contribution in [2.75, 3.05) is 11.9 Å². The number of hydrogen-bond acceptors (Lipinski definition) is 4. The summed E-state index contributed by atoms with van der Waals surface area (Å²) in [6.45, 7) is 3.74. The zero-order chi connectivity index (χ0) is 21.5. The molecule has 0 spiro atoms. The van der Waals surface area contributed by atoms with Crippen molar-refractivity contribution in [1.29, 1.82) is 0 Å². The SMILES string of the molecule is C[C@H]1CCC[C@H](C)N1C(=O)COC(=O)c1ccccc1NC(=O)Cc1ccccc1. The van der Waals surface area contributed by atoms with Crippen molar-refractivity contribution in [3.05, 3.63) is 65.7 Å². The van der Waals surface area contributed by atoms with Crippen LogP contribution in [-0.2, 0) is 20.7 Å². The molecule has 0 unspecified atom stereocenters. The van der Waals surface area contributed by atoms with Crippen molar-refractivity contribution in [3.63, 3.8) is 0 Å². The molecule has 1 heterocycles. The van der Waals surface area contributed by atoms with Gasteiger partial charge in [-0.2, -0.15) is 0 Å². The Labute approximate surface area is 177 Å². The van der Waals surface area contributed by atoms with Gasteiger partial charge in [0.15, 0.2) is 6.61 Å². The highest BCUT2D eigenvalue weighted by molar-refractivity contribution is 6.02. The molecule has 158 valence electrons. The van der Waals surface area contributed by atoms with Gasteiger partial charge < -0.3 is 15.0 Å². The molecule has 0 saturated carbocycles. The van der Waals surface area contributed by atoms with Crippen molar-refractivity contribution in [3.8, 4) is 0 Å². The van der Waals surface area contributed by atoms with Crippen LogP contribution in [0.3, 0.4) is 0 Å². The van der Waals surface area contributed by atoms with Crippen LogP contribution in [0.25, 0.3) is 0 Å².